The lowest BCUT2D eigenvalue weighted by Gasteiger charge is -2.19. The number of aryl methyl sites for hydroxylation is 3. The molecule has 174 valence electrons. The summed E-state index contributed by atoms with van der Waals surface area (Å²) in [5.74, 6) is 2.17. The van der Waals surface area contributed by atoms with E-state index in [-0.39, 0.29) is 12.5 Å². The molecule has 0 aliphatic rings. The monoisotopic (exact) mass is 448 g/mol. The zero-order valence-electron chi connectivity index (χ0n) is 19.5. The average molecular weight is 449 g/mol. The van der Waals surface area contributed by atoms with Crippen LogP contribution >= 0.6 is 0 Å². The summed E-state index contributed by atoms with van der Waals surface area (Å²) in [5, 5.41) is 8.93. The van der Waals surface area contributed by atoms with Crippen molar-refractivity contribution in [2.24, 2.45) is 0 Å². The molecule has 0 saturated heterocycles. The van der Waals surface area contributed by atoms with E-state index in [0.717, 1.165) is 34.6 Å². The zero-order chi connectivity index (χ0) is 23.6. The van der Waals surface area contributed by atoms with Gasteiger partial charge in [-0.25, -0.2) is 0 Å². The van der Waals surface area contributed by atoms with Gasteiger partial charge >= 0.3 is 5.97 Å². The highest BCUT2D eigenvalue weighted by atomic mass is 16.5. The van der Waals surface area contributed by atoms with Gasteiger partial charge in [-0.05, 0) is 79.8 Å². The highest BCUT2D eigenvalue weighted by Gasteiger charge is 2.12. The van der Waals surface area contributed by atoms with E-state index in [0.29, 0.717) is 30.9 Å². The lowest BCUT2D eigenvalue weighted by atomic mass is 10.0. The minimum atomic E-state index is -0.780. The van der Waals surface area contributed by atoms with E-state index in [2.05, 4.69) is 6.92 Å². The van der Waals surface area contributed by atoms with E-state index < -0.39 is 5.97 Å². The smallest absolute Gasteiger partial charge is 0.303 e. The highest BCUT2D eigenvalue weighted by molar-refractivity contribution is 5.67. The topological polar surface area (TPSA) is 65.0 Å². The van der Waals surface area contributed by atoms with Gasteiger partial charge in [-0.2, -0.15) is 0 Å². The summed E-state index contributed by atoms with van der Waals surface area (Å²) in [5.41, 5.74) is 3.29. The third-order valence-electron chi connectivity index (χ3n) is 5.36. The van der Waals surface area contributed by atoms with Gasteiger partial charge in [0.15, 0.2) is 11.5 Å². The van der Waals surface area contributed by atoms with Crippen LogP contribution in [-0.2, 0) is 17.6 Å². The molecule has 0 saturated carbocycles. The SMILES string of the molecule is CCc1cc(OCC[C@@H](C)Oc2ccc(C)cc2Oc2ccccc2)ccc1CCC(=O)O. The van der Waals surface area contributed by atoms with Crippen LogP contribution in [0.1, 0.15) is 43.4 Å². The van der Waals surface area contributed by atoms with E-state index in [9.17, 15) is 4.79 Å². The molecular formula is C28H32O5. The van der Waals surface area contributed by atoms with Crippen LogP contribution < -0.4 is 14.2 Å². The normalized spacial score (nSPS) is 11.6. The van der Waals surface area contributed by atoms with Crippen LogP contribution in [0.3, 0.4) is 0 Å². The molecule has 1 N–H and O–H groups in total. The number of hydrogen-bond donors (Lipinski definition) is 1. The van der Waals surface area contributed by atoms with Crippen molar-refractivity contribution in [1.82, 2.24) is 0 Å². The Bertz CT molecular complexity index is 1050. The minimum Gasteiger partial charge on any atom is -0.493 e. The molecule has 0 amide bonds. The van der Waals surface area contributed by atoms with Crippen LogP contribution in [0.4, 0.5) is 0 Å². The lowest BCUT2D eigenvalue weighted by molar-refractivity contribution is -0.136. The largest absolute Gasteiger partial charge is 0.493 e. The van der Waals surface area contributed by atoms with Crippen LogP contribution in [0.15, 0.2) is 66.7 Å². The standard InChI is InChI=1S/C28H32O5/c1-4-22-19-25(13-11-23(22)12-15-28(29)30)31-17-16-21(3)32-26-14-10-20(2)18-27(26)33-24-8-6-5-7-9-24/h5-11,13-14,18-19,21H,4,12,15-17H2,1-3H3,(H,29,30)/t21-/m1/s1. The fourth-order valence-electron chi connectivity index (χ4n) is 3.53. The van der Waals surface area contributed by atoms with Crippen LogP contribution in [0.25, 0.3) is 0 Å². The zero-order valence-corrected chi connectivity index (χ0v) is 19.5. The number of carbonyl (C=O) groups is 1. The Labute approximate surface area is 195 Å². The Hall–Kier alpha value is -3.47. The molecule has 0 spiro atoms. The minimum absolute atomic E-state index is 0.0636. The summed E-state index contributed by atoms with van der Waals surface area (Å²) in [6.07, 6.45) is 2.15. The number of aliphatic carboxylic acids is 1. The maximum atomic E-state index is 10.9. The first-order valence-electron chi connectivity index (χ1n) is 11.4. The summed E-state index contributed by atoms with van der Waals surface area (Å²) in [6, 6.07) is 21.5. The fourth-order valence-corrected chi connectivity index (χ4v) is 3.53. The molecule has 3 aromatic carbocycles. The Morgan fingerprint density at radius 2 is 1.73 bits per heavy atom. The van der Waals surface area contributed by atoms with Crippen LogP contribution in [0, 0.1) is 6.92 Å². The second kappa shape index (κ2) is 12.0. The summed E-state index contributed by atoms with van der Waals surface area (Å²) in [4.78, 5) is 10.9. The third kappa shape index (κ3) is 7.56. The van der Waals surface area contributed by atoms with Gasteiger partial charge in [-0.15, -0.1) is 0 Å². The van der Waals surface area contributed by atoms with Crippen molar-refractivity contribution in [3.05, 3.63) is 83.4 Å². The highest BCUT2D eigenvalue weighted by Crippen LogP contribution is 2.33. The first-order valence-corrected chi connectivity index (χ1v) is 11.4. The molecule has 3 rings (SSSR count). The van der Waals surface area contributed by atoms with Gasteiger partial charge in [0.2, 0.25) is 0 Å². The second-order valence-electron chi connectivity index (χ2n) is 8.11. The fraction of sp³-hybridized carbons (Fsp3) is 0.321. The summed E-state index contributed by atoms with van der Waals surface area (Å²) >= 11 is 0. The van der Waals surface area contributed by atoms with Crippen molar-refractivity contribution in [3.63, 3.8) is 0 Å². The molecule has 0 unspecified atom stereocenters. The van der Waals surface area contributed by atoms with E-state index in [4.69, 9.17) is 19.3 Å². The van der Waals surface area contributed by atoms with Crippen LogP contribution in [-0.4, -0.2) is 23.8 Å². The molecule has 0 aliphatic carbocycles. The van der Waals surface area contributed by atoms with E-state index in [1.54, 1.807) is 0 Å². The number of carboxylic acid groups (broad SMARTS) is 1. The number of rotatable bonds is 12. The van der Waals surface area contributed by atoms with Gasteiger partial charge in [0, 0.05) is 12.8 Å². The molecule has 33 heavy (non-hydrogen) atoms. The number of carboxylic acids is 1. The quantitative estimate of drug-likeness (QED) is 0.338. The van der Waals surface area contributed by atoms with Gasteiger partial charge in [-0.3, -0.25) is 4.79 Å². The molecule has 5 heteroatoms. The molecule has 0 radical (unpaired) electrons. The second-order valence-corrected chi connectivity index (χ2v) is 8.11. The van der Waals surface area contributed by atoms with E-state index >= 15 is 0 Å². The Morgan fingerprint density at radius 3 is 2.45 bits per heavy atom. The van der Waals surface area contributed by atoms with Gasteiger partial charge < -0.3 is 19.3 Å². The summed E-state index contributed by atoms with van der Waals surface area (Å²) < 4.78 is 18.2. The molecule has 0 heterocycles. The Kier molecular flexibility index (Phi) is 8.76. The van der Waals surface area contributed by atoms with Gasteiger partial charge in [0.1, 0.15) is 11.5 Å². The first kappa shape index (κ1) is 24.2. The number of ether oxygens (including phenoxy) is 3. The van der Waals surface area contributed by atoms with Crippen LogP contribution in [0.5, 0.6) is 23.0 Å². The summed E-state index contributed by atoms with van der Waals surface area (Å²) in [7, 11) is 0. The van der Waals surface area contributed by atoms with Gasteiger partial charge in [0.25, 0.3) is 0 Å². The third-order valence-corrected chi connectivity index (χ3v) is 5.36. The molecule has 0 aliphatic heterocycles. The number of benzene rings is 3. The number of hydrogen-bond acceptors (Lipinski definition) is 4. The van der Waals surface area contributed by atoms with Crippen molar-refractivity contribution in [2.45, 2.75) is 52.6 Å². The van der Waals surface area contributed by atoms with Crippen molar-refractivity contribution in [2.75, 3.05) is 6.61 Å². The Morgan fingerprint density at radius 1 is 0.939 bits per heavy atom. The molecule has 0 aromatic heterocycles. The van der Waals surface area contributed by atoms with Gasteiger partial charge in [-0.1, -0.05) is 37.3 Å². The Balaban J connectivity index is 1.55. The van der Waals surface area contributed by atoms with E-state index in [1.807, 2.05) is 80.6 Å². The maximum Gasteiger partial charge on any atom is 0.303 e. The van der Waals surface area contributed by atoms with E-state index in [1.165, 1.54) is 0 Å². The predicted molar refractivity (Wildman–Crippen MR) is 130 cm³/mol. The molecule has 3 aromatic rings. The number of para-hydroxylation sites is 1. The first-order chi connectivity index (χ1) is 15.9. The van der Waals surface area contributed by atoms with Crippen molar-refractivity contribution >= 4 is 5.97 Å². The molecular weight excluding hydrogens is 416 g/mol. The molecule has 1 atom stereocenters. The maximum absolute atomic E-state index is 10.9. The predicted octanol–water partition coefficient (Wildman–Crippen LogP) is 6.60. The average Bonchev–Trinajstić information content (AvgIpc) is 2.80. The molecule has 0 bridgehead atoms. The van der Waals surface area contributed by atoms with Gasteiger partial charge in [0.05, 0.1) is 12.7 Å². The molecule has 5 nitrogen and oxygen atoms in total. The van der Waals surface area contributed by atoms with Crippen molar-refractivity contribution < 1.29 is 24.1 Å². The van der Waals surface area contributed by atoms with Crippen molar-refractivity contribution in [1.29, 1.82) is 0 Å². The van der Waals surface area contributed by atoms with Crippen molar-refractivity contribution in [3.8, 4) is 23.0 Å². The molecule has 0 fully saturated rings. The lowest BCUT2D eigenvalue weighted by Crippen LogP contribution is -2.16. The van der Waals surface area contributed by atoms with Crippen LogP contribution in [0.2, 0.25) is 0 Å². The summed E-state index contributed by atoms with van der Waals surface area (Å²) in [6.45, 7) is 6.62.